The average molecular weight is 159 g/mol. The van der Waals surface area contributed by atoms with Gasteiger partial charge in [0, 0.05) is 0 Å². The topological polar surface area (TPSA) is 44.5 Å². The van der Waals surface area contributed by atoms with Crippen molar-refractivity contribution in [3.63, 3.8) is 0 Å². The SMILES string of the molecule is CCC1(C)OCC(CCN)O1. The van der Waals surface area contributed by atoms with E-state index in [2.05, 4.69) is 6.92 Å². The minimum absolute atomic E-state index is 0.213. The molecule has 0 aromatic heterocycles. The summed E-state index contributed by atoms with van der Waals surface area (Å²) in [6.45, 7) is 5.41. The third-order valence-corrected chi connectivity index (χ3v) is 2.12. The lowest BCUT2D eigenvalue weighted by Crippen LogP contribution is -2.25. The molecule has 0 radical (unpaired) electrons. The van der Waals surface area contributed by atoms with Crippen LogP contribution >= 0.6 is 0 Å². The first-order valence-corrected chi connectivity index (χ1v) is 4.22. The molecule has 1 fully saturated rings. The van der Waals surface area contributed by atoms with Crippen LogP contribution in [0.1, 0.15) is 26.7 Å². The number of rotatable bonds is 3. The Morgan fingerprint density at radius 1 is 1.64 bits per heavy atom. The van der Waals surface area contributed by atoms with Gasteiger partial charge in [0.25, 0.3) is 0 Å². The Kier molecular flexibility index (Phi) is 2.87. The molecule has 1 rings (SSSR count). The molecule has 3 heteroatoms. The van der Waals surface area contributed by atoms with Gasteiger partial charge >= 0.3 is 0 Å². The van der Waals surface area contributed by atoms with Crippen LogP contribution in [0.4, 0.5) is 0 Å². The summed E-state index contributed by atoms with van der Waals surface area (Å²) in [5.41, 5.74) is 5.40. The summed E-state index contributed by atoms with van der Waals surface area (Å²) in [6.07, 6.45) is 2.01. The number of hydrogen-bond acceptors (Lipinski definition) is 3. The Hall–Kier alpha value is -0.120. The summed E-state index contributed by atoms with van der Waals surface area (Å²) in [5.74, 6) is -0.347. The van der Waals surface area contributed by atoms with Crippen LogP contribution in [0.25, 0.3) is 0 Å². The molecule has 1 aliphatic rings. The molecule has 0 aliphatic carbocycles. The van der Waals surface area contributed by atoms with Gasteiger partial charge in [0.2, 0.25) is 0 Å². The van der Waals surface area contributed by atoms with Crippen molar-refractivity contribution < 1.29 is 9.47 Å². The molecule has 0 saturated carbocycles. The maximum atomic E-state index is 5.64. The molecule has 2 unspecified atom stereocenters. The van der Waals surface area contributed by atoms with Crippen molar-refractivity contribution >= 4 is 0 Å². The molecular formula is C8H17NO2. The number of hydrogen-bond donors (Lipinski definition) is 1. The maximum absolute atomic E-state index is 5.64. The van der Waals surface area contributed by atoms with Crippen molar-refractivity contribution in [1.82, 2.24) is 0 Å². The molecule has 3 nitrogen and oxygen atoms in total. The third kappa shape index (κ3) is 2.15. The number of ether oxygens (including phenoxy) is 2. The van der Waals surface area contributed by atoms with E-state index in [4.69, 9.17) is 15.2 Å². The van der Waals surface area contributed by atoms with Crippen molar-refractivity contribution in [2.75, 3.05) is 13.2 Å². The van der Waals surface area contributed by atoms with E-state index < -0.39 is 0 Å². The lowest BCUT2D eigenvalue weighted by atomic mass is 10.2. The van der Waals surface area contributed by atoms with Gasteiger partial charge in [0.1, 0.15) is 0 Å². The van der Waals surface area contributed by atoms with E-state index in [-0.39, 0.29) is 11.9 Å². The molecule has 66 valence electrons. The van der Waals surface area contributed by atoms with Crippen LogP contribution in [0.15, 0.2) is 0 Å². The summed E-state index contributed by atoms with van der Waals surface area (Å²) >= 11 is 0. The van der Waals surface area contributed by atoms with Gasteiger partial charge in [-0.15, -0.1) is 0 Å². The minimum atomic E-state index is -0.347. The highest BCUT2D eigenvalue weighted by molar-refractivity contribution is 4.73. The summed E-state index contributed by atoms with van der Waals surface area (Å²) in [7, 11) is 0. The monoisotopic (exact) mass is 159 g/mol. The van der Waals surface area contributed by atoms with E-state index in [0.717, 1.165) is 12.8 Å². The first kappa shape index (κ1) is 8.97. The highest BCUT2D eigenvalue weighted by Gasteiger charge is 2.34. The Bertz CT molecular complexity index is 129. The minimum Gasteiger partial charge on any atom is -0.348 e. The lowest BCUT2D eigenvalue weighted by molar-refractivity contribution is -0.155. The van der Waals surface area contributed by atoms with E-state index >= 15 is 0 Å². The van der Waals surface area contributed by atoms with Gasteiger partial charge < -0.3 is 15.2 Å². The normalized spacial score (nSPS) is 37.9. The van der Waals surface area contributed by atoms with E-state index in [9.17, 15) is 0 Å². The summed E-state index contributed by atoms with van der Waals surface area (Å²) in [4.78, 5) is 0. The van der Waals surface area contributed by atoms with Gasteiger partial charge in [-0.1, -0.05) is 6.92 Å². The Morgan fingerprint density at radius 3 is 2.82 bits per heavy atom. The van der Waals surface area contributed by atoms with Gasteiger partial charge in [-0.2, -0.15) is 0 Å². The molecule has 1 saturated heterocycles. The van der Waals surface area contributed by atoms with Crippen LogP contribution < -0.4 is 5.73 Å². The van der Waals surface area contributed by atoms with Crippen LogP contribution in [0, 0.1) is 0 Å². The predicted octanol–water partition coefficient (Wildman–Crippen LogP) is 0.877. The number of nitrogens with two attached hydrogens (primary N) is 1. The Balaban J connectivity index is 2.33. The average Bonchev–Trinajstić information content (AvgIpc) is 2.35. The maximum Gasteiger partial charge on any atom is 0.165 e. The van der Waals surface area contributed by atoms with Gasteiger partial charge in [-0.25, -0.2) is 0 Å². The van der Waals surface area contributed by atoms with Crippen LogP contribution in [0.5, 0.6) is 0 Å². The van der Waals surface area contributed by atoms with E-state index in [1.165, 1.54) is 0 Å². The molecule has 0 bridgehead atoms. The zero-order chi connectivity index (χ0) is 8.32. The van der Waals surface area contributed by atoms with Crippen LogP contribution in [-0.4, -0.2) is 25.0 Å². The van der Waals surface area contributed by atoms with Crippen molar-refractivity contribution in [2.24, 2.45) is 5.73 Å². The van der Waals surface area contributed by atoms with Gasteiger partial charge in [-0.3, -0.25) is 0 Å². The van der Waals surface area contributed by atoms with Crippen LogP contribution in [-0.2, 0) is 9.47 Å². The molecule has 0 aromatic carbocycles. The van der Waals surface area contributed by atoms with E-state index in [1.807, 2.05) is 6.92 Å². The summed E-state index contributed by atoms with van der Waals surface area (Å²) in [6, 6.07) is 0. The largest absolute Gasteiger partial charge is 0.348 e. The first-order chi connectivity index (χ1) is 5.20. The molecule has 0 aromatic rings. The zero-order valence-electron chi connectivity index (χ0n) is 7.30. The lowest BCUT2D eigenvalue weighted by Gasteiger charge is -2.20. The smallest absolute Gasteiger partial charge is 0.165 e. The van der Waals surface area contributed by atoms with Gasteiger partial charge in [0.15, 0.2) is 5.79 Å². The molecule has 0 spiro atoms. The fraction of sp³-hybridized carbons (Fsp3) is 1.00. The van der Waals surface area contributed by atoms with E-state index in [1.54, 1.807) is 0 Å². The molecular weight excluding hydrogens is 142 g/mol. The molecule has 1 heterocycles. The fourth-order valence-corrected chi connectivity index (χ4v) is 1.20. The highest BCUT2D eigenvalue weighted by atomic mass is 16.7. The van der Waals surface area contributed by atoms with E-state index in [0.29, 0.717) is 13.2 Å². The van der Waals surface area contributed by atoms with Gasteiger partial charge in [-0.05, 0) is 26.3 Å². The second-order valence-electron chi connectivity index (χ2n) is 3.12. The molecule has 1 aliphatic heterocycles. The zero-order valence-corrected chi connectivity index (χ0v) is 7.30. The predicted molar refractivity (Wildman–Crippen MR) is 43.2 cm³/mol. The quantitative estimate of drug-likeness (QED) is 0.664. The fourth-order valence-electron chi connectivity index (χ4n) is 1.20. The second kappa shape index (κ2) is 3.52. The highest BCUT2D eigenvalue weighted by Crippen LogP contribution is 2.27. The van der Waals surface area contributed by atoms with Crippen molar-refractivity contribution in [2.45, 2.75) is 38.6 Å². The first-order valence-electron chi connectivity index (χ1n) is 4.22. The molecule has 2 atom stereocenters. The second-order valence-corrected chi connectivity index (χ2v) is 3.12. The van der Waals surface area contributed by atoms with Crippen molar-refractivity contribution in [3.05, 3.63) is 0 Å². The molecule has 0 amide bonds. The van der Waals surface area contributed by atoms with Crippen LogP contribution in [0.2, 0.25) is 0 Å². The third-order valence-electron chi connectivity index (χ3n) is 2.12. The van der Waals surface area contributed by atoms with Crippen molar-refractivity contribution in [1.29, 1.82) is 0 Å². The molecule has 11 heavy (non-hydrogen) atoms. The van der Waals surface area contributed by atoms with Crippen molar-refractivity contribution in [3.8, 4) is 0 Å². The summed E-state index contributed by atoms with van der Waals surface area (Å²) in [5, 5.41) is 0. The Morgan fingerprint density at radius 2 is 2.36 bits per heavy atom. The standard InChI is InChI=1S/C8H17NO2/c1-3-8(2)10-6-7(11-8)4-5-9/h7H,3-6,9H2,1-2H3. The summed E-state index contributed by atoms with van der Waals surface area (Å²) < 4.78 is 11.1. The van der Waals surface area contributed by atoms with Crippen LogP contribution in [0.3, 0.4) is 0 Å². The Labute approximate surface area is 67.9 Å². The van der Waals surface area contributed by atoms with Gasteiger partial charge in [0.05, 0.1) is 12.7 Å². The molecule has 2 N–H and O–H groups in total.